The van der Waals surface area contributed by atoms with Gasteiger partial charge in [0.05, 0.1) is 6.61 Å². The molecule has 0 aliphatic carbocycles. The smallest absolute Gasteiger partial charge is 0.210 e. The summed E-state index contributed by atoms with van der Waals surface area (Å²) in [7, 11) is 1.20. The molecule has 1 unspecified atom stereocenters. The van der Waals surface area contributed by atoms with E-state index >= 15 is 0 Å². The van der Waals surface area contributed by atoms with Crippen molar-refractivity contribution in [1.82, 2.24) is 0 Å². The Morgan fingerprint density at radius 1 is 1.47 bits per heavy atom. The van der Waals surface area contributed by atoms with Crippen molar-refractivity contribution in [2.24, 2.45) is 0 Å². The molecule has 0 amide bonds. The SMILES string of the molecule is B[C@]1(F)O[C@H](CO)C2OC(C)(C)O[C@]21C#CCl. The van der Waals surface area contributed by atoms with Crippen LogP contribution in [0.2, 0.25) is 0 Å². The van der Waals surface area contributed by atoms with Crippen LogP contribution in [0, 0.1) is 11.3 Å². The number of hydrogen-bond donors (Lipinski definition) is 1. The lowest BCUT2D eigenvalue weighted by Crippen LogP contribution is -2.53. The van der Waals surface area contributed by atoms with E-state index in [2.05, 4.69) is 11.3 Å². The van der Waals surface area contributed by atoms with Gasteiger partial charge in [-0.1, -0.05) is 0 Å². The molecular weight excluding hydrogens is 249 g/mol. The summed E-state index contributed by atoms with van der Waals surface area (Å²) in [6, 6.07) is 0. The van der Waals surface area contributed by atoms with E-state index in [1.165, 1.54) is 7.85 Å². The number of hydrogen-bond acceptors (Lipinski definition) is 4. The molecule has 0 bridgehead atoms. The van der Waals surface area contributed by atoms with Crippen LogP contribution in [0.5, 0.6) is 0 Å². The van der Waals surface area contributed by atoms with Gasteiger partial charge < -0.3 is 19.3 Å². The van der Waals surface area contributed by atoms with Crippen LogP contribution >= 0.6 is 11.6 Å². The Labute approximate surface area is 105 Å². The van der Waals surface area contributed by atoms with Crippen LogP contribution in [-0.4, -0.2) is 48.9 Å². The van der Waals surface area contributed by atoms with Gasteiger partial charge in [-0.3, -0.25) is 0 Å². The lowest BCUT2D eigenvalue weighted by molar-refractivity contribution is -0.232. The van der Waals surface area contributed by atoms with Crippen molar-refractivity contribution in [2.45, 2.75) is 43.2 Å². The topological polar surface area (TPSA) is 47.9 Å². The maximum Gasteiger partial charge on any atom is 0.210 e. The Morgan fingerprint density at radius 3 is 2.65 bits per heavy atom. The molecule has 2 aliphatic heterocycles. The first-order chi connectivity index (χ1) is 7.78. The lowest BCUT2D eigenvalue weighted by atomic mass is 9.78. The largest absolute Gasteiger partial charge is 0.394 e. The number of aliphatic hydroxyl groups excluding tert-OH is 1. The molecule has 0 radical (unpaired) electrons. The maximum atomic E-state index is 14.5. The monoisotopic (exact) mass is 262 g/mol. The molecule has 0 aromatic rings. The van der Waals surface area contributed by atoms with Crippen LogP contribution in [0.1, 0.15) is 13.8 Å². The highest BCUT2D eigenvalue weighted by Crippen LogP contribution is 2.51. The zero-order valence-corrected chi connectivity index (χ0v) is 10.5. The number of aliphatic hydroxyl groups is 1. The molecule has 17 heavy (non-hydrogen) atoms. The van der Waals surface area contributed by atoms with E-state index in [1.54, 1.807) is 13.8 Å². The van der Waals surface area contributed by atoms with Crippen molar-refractivity contribution < 1.29 is 23.7 Å². The summed E-state index contributed by atoms with van der Waals surface area (Å²) >= 11 is 5.37. The van der Waals surface area contributed by atoms with E-state index in [-0.39, 0.29) is 6.61 Å². The first kappa shape index (κ1) is 13.1. The summed E-state index contributed by atoms with van der Waals surface area (Å²) in [5, 5.41) is 11.3. The summed E-state index contributed by atoms with van der Waals surface area (Å²) in [5.74, 6) is -0.711. The van der Waals surface area contributed by atoms with Gasteiger partial charge in [-0.15, -0.1) is 0 Å². The molecule has 2 aliphatic rings. The Kier molecular flexibility index (Phi) is 2.96. The van der Waals surface area contributed by atoms with E-state index in [0.717, 1.165) is 0 Å². The van der Waals surface area contributed by atoms with Crippen LogP contribution < -0.4 is 0 Å². The molecule has 1 N–H and O–H groups in total. The Hall–Kier alpha value is -0.315. The predicted molar refractivity (Wildman–Crippen MR) is 60.7 cm³/mol. The molecule has 0 saturated carbocycles. The van der Waals surface area contributed by atoms with Gasteiger partial charge >= 0.3 is 0 Å². The predicted octanol–water partition coefficient (Wildman–Crippen LogP) is -0.276. The van der Waals surface area contributed by atoms with Crippen LogP contribution in [0.15, 0.2) is 0 Å². The van der Waals surface area contributed by atoms with E-state index in [1.807, 2.05) is 0 Å². The van der Waals surface area contributed by atoms with Crippen molar-refractivity contribution >= 4 is 19.4 Å². The molecule has 4 nitrogen and oxygen atoms in total. The van der Waals surface area contributed by atoms with Crippen molar-refractivity contribution in [2.75, 3.05) is 6.61 Å². The molecule has 2 rings (SSSR count). The molecule has 0 aromatic carbocycles. The van der Waals surface area contributed by atoms with Crippen molar-refractivity contribution in [1.29, 1.82) is 0 Å². The fraction of sp³-hybridized carbons (Fsp3) is 0.800. The Bertz CT molecular complexity index is 392. The minimum absolute atomic E-state index is 0.380. The number of fused-ring (bicyclic) bond motifs is 1. The van der Waals surface area contributed by atoms with Gasteiger partial charge in [0.2, 0.25) is 11.4 Å². The van der Waals surface area contributed by atoms with E-state index in [0.29, 0.717) is 0 Å². The summed E-state index contributed by atoms with van der Waals surface area (Å²) < 4.78 is 30.7. The fourth-order valence-electron chi connectivity index (χ4n) is 2.39. The van der Waals surface area contributed by atoms with Gasteiger partial charge in [0, 0.05) is 5.38 Å². The highest BCUT2D eigenvalue weighted by atomic mass is 35.5. The first-order valence-electron chi connectivity index (χ1n) is 5.26. The quantitative estimate of drug-likeness (QED) is 0.522. The highest BCUT2D eigenvalue weighted by Gasteiger charge is 2.71. The molecule has 2 heterocycles. The lowest BCUT2D eigenvalue weighted by Gasteiger charge is -2.31. The van der Waals surface area contributed by atoms with Crippen molar-refractivity contribution in [3.8, 4) is 11.3 Å². The molecule has 2 fully saturated rings. The standard InChI is InChI=1S/C10H13BClFO4/c1-8(2)16-7-6(5-14)15-10(11,13)9(7,17-8)3-4-12/h6-7,14H,5,11H2,1-2H3/t6-,7?,9-,10-/m1/s1. The Morgan fingerprint density at radius 2 is 2.12 bits per heavy atom. The van der Waals surface area contributed by atoms with Gasteiger partial charge in [0.25, 0.3) is 0 Å². The summed E-state index contributed by atoms with van der Waals surface area (Å²) in [6.45, 7) is 2.91. The summed E-state index contributed by atoms with van der Waals surface area (Å²) in [5.41, 5.74) is -1.61. The molecule has 4 atom stereocenters. The fourth-order valence-corrected chi connectivity index (χ4v) is 2.53. The normalized spacial score (nSPS) is 47.4. The first-order valence-corrected chi connectivity index (χ1v) is 5.64. The number of rotatable bonds is 1. The average molecular weight is 262 g/mol. The second kappa shape index (κ2) is 3.84. The second-order valence-electron chi connectivity index (χ2n) is 4.75. The minimum Gasteiger partial charge on any atom is -0.394 e. The third-order valence-electron chi connectivity index (χ3n) is 3.00. The molecule has 2 saturated heterocycles. The molecule has 0 aromatic heterocycles. The van der Waals surface area contributed by atoms with E-state index in [4.69, 9.17) is 25.8 Å². The summed E-state index contributed by atoms with van der Waals surface area (Å²) in [6.07, 6.45) is -1.65. The van der Waals surface area contributed by atoms with Gasteiger partial charge in [0.1, 0.15) is 12.2 Å². The van der Waals surface area contributed by atoms with Gasteiger partial charge in [-0.05, 0) is 31.4 Å². The molecular formula is C10H13BClFO4. The average Bonchev–Trinajstić information content (AvgIpc) is 2.57. The molecule has 94 valence electrons. The third-order valence-corrected chi connectivity index (χ3v) is 3.10. The second-order valence-corrected chi connectivity index (χ2v) is 4.94. The Balaban J connectivity index is 2.48. The van der Waals surface area contributed by atoms with Crippen LogP contribution in [0.3, 0.4) is 0 Å². The van der Waals surface area contributed by atoms with Gasteiger partial charge in [-0.2, -0.15) is 0 Å². The number of alkyl halides is 1. The van der Waals surface area contributed by atoms with Gasteiger partial charge in [-0.25, -0.2) is 4.39 Å². The van der Waals surface area contributed by atoms with Crippen LogP contribution in [0.4, 0.5) is 4.39 Å². The number of ether oxygens (including phenoxy) is 3. The summed E-state index contributed by atoms with van der Waals surface area (Å²) in [4.78, 5) is 0. The van der Waals surface area contributed by atoms with Crippen LogP contribution in [-0.2, 0) is 14.2 Å². The van der Waals surface area contributed by atoms with Crippen molar-refractivity contribution in [3.05, 3.63) is 0 Å². The minimum atomic E-state index is -2.19. The number of halogens is 2. The maximum absolute atomic E-state index is 14.5. The molecule has 7 heteroatoms. The third kappa shape index (κ3) is 1.77. The van der Waals surface area contributed by atoms with E-state index < -0.39 is 29.4 Å². The van der Waals surface area contributed by atoms with Crippen LogP contribution in [0.25, 0.3) is 0 Å². The molecule has 0 spiro atoms. The van der Waals surface area contributed by atoms with Crippen molar-refractivity contribution in [3.63, 3.8) is 0 Å². The zero-order chi connectivity index (χ0) is 12.9. The van der Waals surface area contributed by atoms with E-state index in [9.17, 15) is 9.50 Å². The highest BCUT2D eigenvalue weighted by molar-refractivity contribution is 6.30. The zero-order valence-electron chi connectivity index (χ0n) is 9.79. The van der Waals surface area contributed by atoms with Gasteiger partial charge in [0.15, 0.2) is 13.6 Å².